The van der Waals surface area contributed by atoms with E-state index in [2.05, 4.69) is 5.32 Å². The molecule has 1 aromatic heterocycles. The Kier molecular flexibility index (Phi) is 4.80. The summed E-state index contributed by atoms with van der Waals surface area (Å²) in [6, 6.07) is 11.4. The number of carbonyl (C=O) groups excluding carboxylic acids is 2. The Balaban J connectivity index is 1.54. The maximum Gasteiger partial charge on any atom is 0.234 e. The fourth-order valence-corrected chi connectivity index (χ4v) is 3.91. The zero-order chi connectivity index (χ0) is 15.4. The molecule has 1 N–H and O–H groups in total. The van der Waals surface area contributed by atoms with E-state index in [9.17, 15) is 9.59 Å². The molecule has 0 spiro atoms. The first kappa shape index (κ1) is 15.1. The fourth-order valence-electron chi connectivity index (χ4n) is 2.33. The van der Waals surface area contributed by atoms with E-state index >= 15 is 0 Å². The number of benzene rings is 1. The molecule has 1 aliphatic rings. The van der Waals surface area contributed by atoms with Gasteiger partial charge in [-0.05, 0) is 42.1 Å². The highest BCUT2D eigenvalue weighted by Crippen LogP contribution is 2.25. The Hall–Kier alpha value is -1.79. The maximum absolute atomic E-state index is 11.9. The van der Waals surface area contributed by atoms with Gasteiger partial charge in [0, 0.05) is 24.3 Å². The largest absolute Gasteiger partial charge is 0.325 e. The Morgan fingerprint density at radius 3 is 2.73 bits per heavy atom. The van der Waals surface area contributed by atoms with Crippen LogP contribution in [0.4, 0.5) is 11.4 Å². The first-order chi connectivity index (χ1) is 10.7. The molecule has 1 aliphatic heterocycles. The minimum absolute atomic E-state index is 0.0246. The highest BCUT2D eigenvalue weighted by molar-refractivity contribution is 8.01. The second-order valence-corrected chi connectivity index (χ2v) is 7.19. The second kappa shape index (κ2) is 6.98. The summed E-state index contributed by atoms with van der Waals surface area (Å²) in [6.45, 7) is 0.780. The van der Waals surface area contributed by atoms with Crippen molar-refractivity contribution in [1.29, 1.82) is 0 Å². The molecule has 1 aromatic carbocycles. The SMILES string of the molecule is O=C(CSc1cccs1)Nc1ccc(N2CCCC2=O)cc1. The summed E-state index contributed by atoms with van der Waals surface area (Å²) < 4.78 is 1.14. The van der Waals surface area contributed by atoms with Crippen LogP contribution in [0.25, 0.3) is 0 Å². The van der Waals surface area contributed by atoms with Crippen molar-refractivity contribution in [2.75, 3.05) is 22.5 Å². The van der Waals surface area contributed by atoms with Crippen molar-refractivity contribution in [3.63, 3.8) is 0 Å². The Morgan fingerprint density at radius 1 is 1.27 bits per heavy atom. The number of nitrogens with zero attached hydrogens (tertiary/aromatic N) is 1. The van der Waals surface area contributed by atoms with Gasteiger partial charge in [0.05, 0.1) is 9.96 Å². The lowest BCUT2D eigenvalue weighted by atomic mass is 10.2. The Bertz CT molecular complexity index is 653. The molecule has 3 rings (SSSR count). The molecule has 0 radical (unpaired) electrons. The lowest BCUT2D eigenvalue weighted by Crippen LogP contribution is -2.23. The lowest BCUT2D eigenvalue weighted by molar-refractivity contribution is -0.117. The smallest absolute Gasteiger partial charge is 0.234 e. The molecule has 0 unspecified atom stereocenters. The number of thioether (sulfide) groups is 1. The van der Waals surface area contributed by atoms with Crippen molar-refractivity contribution < 1.29 is 9.59 Å². The number of hydrogen-bond acceptors (Lipinski definition) is 4. The Labute approximate surface area is 137 Å². The van der Waals surface area contributed by atoms with E-state index in [1.54, 1.807) is 16.2 Å². The van der Waals surface area contributed by atoms with Crippen LogP contribution in [-0.2, 0) is 9.59 Å². The van der Waals surface area contributed by atoms with E-state index < -0.39 is 0 Å². The number of rotatable bonds is 5. The number of nitrogens with one attached hydrogen (secondary N) is 1. The molecule has 2 heterocycles. The molecule has 2 amide bonds. The normalized spacial score (nSPS) is 14.4. The van der Waals surface area contributed by atoms with Crippen molar-refractivity contribution in [3.8, 4) is 0 Å². The van der Waals surface area contributed by atoms with Gasteiger partial charge in [0.2, 0.25) is 11.8 Å². The van der Waals surface area contributed by atoms with Crippen LogP contribution in [0.5, 0.6) is 0 Å². The summed E-state index contributed by atoms with van der Waals surface area (Å²) in [4.78, 5) is 25.4. The second-order valence-electron chi connectivity index (χ2n) is 4.96. The third kappa shape index (κ3) is 3.69. The average Bonchev–Trinajstić information content (AvgIpc) is 3.17. The molecular formula is C16H16N2O2S2. The first-order valence-corrected chi connectivity index (χ1v) is 8.95. The standard InChI is InChI=1S/C16H16N2O2S2/c19-14(11-22-16-4-2-10-21-16)17-12-5-7-13(8-6-12)18-9-1-3-15(18)20/h2,4-8,10H,1,3,9,11H2,(H,17,19). The van der Waals surface area contributed by atoms with Gasteiger partial charge in [-0.25, -0.2) is 0 Å². The van der Waals surface area contributed by atoms with Gasteiger partial charge < -0.3 is 10.2 Å². The summed E-state index contributed by atoms with van der Waals surface area (Å²) in [5, 5.41) is 4.87. The van der Waals surface area contributed by atoms with E-state index in [-0.39, 0.29) is 11.8 Å². The van der Waals surface area contributed by atoms with Gasteiger partial charge in [-0.3, -0.25) is 9.59 Å². The van der Waals surface area contributed by atoms with Crippen LogP contribution in [0.15, 0.2) is 46.0 Å². The topological polar surface area (TPSA) is 49.4 Å². The molecule has 0 aliphatic carbocycles. The van der Waals surface area contributed by atoms with E-state index in [0.717, 1.165) is 28.5 Å². The highest BCUT2D eigenvalue weighted by atomic mass is 32.2. The van der Waals surface area contributed by atoms with E-state index in [1.165, 1.54) is 11.8 Å². The maximum atomic E-state index is 11.9. The molecular weight excluding hydrogens is 316 g/mol. The fraction of sp³-hybridized carbons (Fsp3) is 0.250. The lowest BCUT2D eigenvalue weighted by Gasteiger charge is -2.16. The van der Waals surface area contributed by atoms with Gasteiger partial charge in [-0.2, -0.15) is 0 Å². The molecule has 0 atom stereocenters. The van der Waals surface area contributed by atoms with E-state index in [4.69, 9.17) is 0 Å². The number of amides is 2. The third-order valence-electron chi connectivity index (χ3n) is 3.38. The van der Waals surface area contributed by atoms with Gasteiger partial charge in [-0.15, -0.1) is 23.1 Å². The molecule has 114 valence electrons. The minimum Gasteiger partial charge on any atom is -0.325 e. The van der Waals surface area contributed by atoms with Crippen molar-refractivity contribution in [2.45, 2.75) is 17.1 Å². The first-order valence-electron chi connectivity index (χ1n) is 7.09. The van der Waals surface area contributed by atoms with Crippen molar-refractivity contribution >= 4 is 46.3 Å². The van der Waals surface area contributed by atoms with E-state index in [1.807, 2.05) is 41.8 Å². The molecule has 22 heavy (non-hydrogen) atoms. The molecule has 0 saturated carbocycles. The van der Waals surface area contributed by atoms with Crippen LogP contribution < -0.4 is 10.2 Å². The molecule has 1 fully saturated rings. The van der Waals surface area contributed by atoms with Crippen molar-refractivity contribution in [1.82, 2.24) is 0 Å². The molecule has 4 nitrogen and oxygen atoms in total. The summed E-state index contributed by atoms with van der Waals surface area (Å²) in [6.07, 6.45) is 1.54. The van der Waals surface area contributed by atoms with Crippen LogP contribution >= 0.6 is 23.1 Å². The van der Waals surface area contributed by atoms with E-state index in [0.29, 0.717) is 12.2 Å². The van der Waals surface area contributed by atoms with Crippen molar-refractivity contribution in [2.24, 2.45) is 0 Å². The minimum atomic E-state index is -0.0246. The summed E-state index contributed by atoms with van der Waals surface area (Å²) in [5.74, 6) is 0.542. The molecule has 6 heteroatoms. The highest BCUT2D eigenvalue weighted by Gasteiger charge is 2.21. The Morgan fingerprint density at radius 2 is 2.09 bits per heavy atom. The van der Waals surface area contributed by atoms with Crippen LogP contribution in [0, 0.1) is 0 Å². The van der Waals surface area contributed by atoms with Crippen LogP contribution in [0.1, 0.15) is 12.8 Å². The summed E-state index contributed by atoms with van der Waals surface area (Å²) in [7, 11) is 0. The van der Waals surface area contributed by atoms with Gasteiger partial charge in [0.1, 0.15) is 0 Å². The van der Waals surface area contributed by atoms with Crippen LogP contribution in [0.3, 0.4) is 0 Å². The number of anilines is 2. The molecule has 1 saturated heterocycles. The summed E-state index contributed by atoms with van der Waals surface area (Å²) in [5.41, 5.74) is 1.65. The number of hydrogen-bond donors (Lipinski definition) is 1. The van der Waals surface area contributed by atoms with Gasteiger partial charge in [0.15, 0.2) is 0 Å². The zero-order valence-corrected chi connectivity index (χ0v) is 13.6. The van der Waals surface area contributed by atoms with Crippen LogP contribution in [-0.4, -0.2) is 24.1 Å². The van der Waals surface area contributed by atoms with Gasteiger partial charge >= 0.3 is 0 Å². The quantitative estimate of drug-likeness (QED) is 0.851. The van der Waals surface area contributed by atoms with Crippen LogP contribution in [0.2, 0.25) is 0 Å². The molecule has 2 aromatic rings. The zero-order valence-electron chi connectivity index (χ0n) is 12.0. The van der Waals surface area contributed by atoms with Gasteiger partial charge in [0.25, 0.3) is 0 Å². The summed E-state index contributed by atoms with van der Waals surface area (Å²) >= 11 is 3.16. The predicted molar refractivity (Wildman–Crippen MR) is 91.7 cm³/mol. The number of carbonyl (C=O) groups is 2. The predicted octanol–water partition coefficient (Wildman–Crippen LogP) is 3.61. The third-order valence-corrected chi connectivity index (χ3v) is 5.51. The number of thiophene rings is 1. The average molecular weight is 332 g/mol. The molecule has 0 bridgehead atoms. The monoisotopic (exact) mass is 332 g/mol. The van der Waals surface area contributed by atoms with Gasteiger partial charge in [-0.1, -0.05) is 6.07 Å². The van der Waals surface area contributed by atoms with Crippen molar-refractivity contribution in [3.05, 3.63) is 41.8 Å².